The van der Waals surface area contributed by atoms with Crippen LogP contribution in [0.5, 0.6) is 5.75 Å². The number of unbranched alkanes of at least 4 members (excludes halogenated alkanes) is 21. The second kappa shape index (κ2) is 35.1. The van der Waals surface area contributed by atoms with Crippen molar-refractivity contribution in [2.45, 2.75) is 154 Å². The number of ether oxygens (including phenoxy) is 3. The molecule has 1 rings (SSSR count). The molecule has 0 saturated carbocycles. The van der Waals surface area contributed by atoms with Crippen molar-refractivity contribution in [2.75, 3.05) is 39.6 Å². The fourth-order valence-corrected chi connectivity index (χ4v) is 5.98. The van der Waals surface area contributed by atoms with Gasteiger partial charge in [-0.05, 0) is 68.4 Å². The summed E-state index contributed by atoms with van der Waals surface area (Å²) >= 11 is 4.29. The number of rotatable bonds is 36. The second-order valence-corrected chi connectivity index (χ2v) is 15.0. The van der Waals surface area contributed by atoms with Crippen molar-refractivity contribution in [1.82, 2.24) is 0 Å². The van der Waals surface area contributed by atoms with Gasteiger partial charge in [-0.1, -0.05) is 116 Å². The number of aromatic carboxylic acids is 1. The molecule has 1 aromatic carbocycles. The maximum atomic E-state index is 10.8. The maximum absolute atomic E-state index is 10.8. The van der Waals surface area contributed by atoms with Crippen LogP contribution in [-0.2, 0) is 33.9 Å². The van der Waals surface area contributed by atoms with Crippen LogP contribution < -0.4 is 39.4 Å². The molecule has 274 valence electrons. The van der Waals surface area contributed by atoms with E-state index in [4.69, 9.17) is 18.8 Å². The Labute approximate surface area is 320 Å². The van der Waals surface area contributed by atoms with Crippen LogP contribution in [0.2, 0.25) is 0 Å². The standard InChI is InChI=1S/C37H66O8S2.Na/c38-37(39)35-25-27-36(28-26-35)44-33-23-17-11-5-3-9-15-21-31-42-29-19-13-7-1-2-8-14-20-30-43-32-22-16-10-4-6-12-18-24-34-45-47(40,41)46;/h25-28H,1-24,29-34H2,(H,38,39)(H,40,41,46);/q;+1/p-1. The molecule has 0 radical (unpaired) electrons. The average Bonchev–Trinajstić information content (AvgIpc) is 3.04. The second-order valence-electron chi connectivity index (χ2n) is 12.6. The first-order valence-electron chi connectivity index (χ1n) is 18.6. The number of carboxylic acid groups (broad SMARTS) is 1. The minimum absolute atomic E-state index is 0. The van der Waals surface area contributed by atoms with E-state index in [0.717, 1.165) is 65.0 Å². The minimum Gasteiger partial charge on any atom is -0.545 e. The number of carboxylic acids is 1. The van der Waals surface area contributed by atoms with Crippen molar-refractivity contribution >= 4 is 26.2 Å². The minimum atomic E-state index is -3.45. The van der Waals surface area contributed by atoms with Crippen molar-refractivity contribution < 1.29 is 66.6 Å². The molecule has 0 amide bonds. The molecule has 1 aromatic rings. The summed E-state index contributed by atoms with van der Waals surface area (Å²) in [4.78, 5) is 10.8. The zero-order chi connectivity index (χ0) is 34.1. The number of hydrogen-bond acceptors (Lipinski definition) is 8. The largest absolute Gasteiger partial charge is 1.00 e. The molecule has 1 unspecified atom stereocenters. The van der Waals surface area contributed by atoms with Crippen molar-refractivity contribution in [2.24, 2.45) is 0 Å². The first-order chi connectivity index (χ1) is 22.9. The Hall–Kier alpha value is -0.300. The van der Waals surface area contributed by atoms with Gasteiger partial charge in [-0.3, -0.25) is 8.74 Å². The van der Waals surface area contributed by atoms with Gasteiger partial charge in [0.15, 0.2) is 0 Å². The quantitative estimate of drug-likeness (QED) is 0.0660. The molecule has 0 spiro atoms. The summed E-state index contributed by atoms with van der Waals surface area (Å²) in [6, 6.07) is 6.40. The normalized spacial score (nSPS) is 12.4. The molecule has 1 atom stereocenters. The van der Waals surface area contributed by atoms with Gasteiger partial charge in [0.2, 0.25) is 0 Å². The van der Waals surface area contributed by atoms with Crippen molar-refractivity contribution in [1.29, 1.82) is 0 Å². The first-order valence-corrected chi connectivity index (χ1v) is 21.0. The summed E-state index contributed by atoms with van der Waals surface area (Å²) in [5, 5.41) is 10.8. The summed E-state index contributed by atoms with van der Waals surface area (Å²) in [6.07, 6.45) is 28.9. The molecule has 0 fully saturated rings. The molecule has 0 saturated heterocycles. The summed E-state index contributed by atoms with van der Waals surface area (Å²) in [6.45, 7) is 4.53. The van der Waals surface area contributed by atoms with E-state index in [9.17, 15) is 14.1 Å². The Morgan fingerprint density at radius 1 is 0.542 bits per heavy atom. The zero-order valence-electron chi connectivity index (χ0n) is 30.1. The van der Waals surface area contributed by atoms with Gasteiger partial charge in [0, 0.05) is 37.6 Å². The summed E-state index contributed by atoms with van der Waals surface area (Å²) in [5.74, 6) is -0.455. The van der Waals surface area contributed by atoms with E-state index in [1.54, 1.807) is 12.1 Å². The Bertz CT molecular complexity index is 947. The Kier molecular flexibility index (Phi) is 34.9. The predicted molar refractivity (Wildman–Crippen MR) is 193 cm³/mol. The molecule has 0 aliphatic rings. The molecule has 1 N–H and O–H groups in total. The van der Waals surface area contributed by atoms with Gasteiger partial charge in [-0.25, -0.2) is 0 Å². The van der Waals surface area contributed by atoms with Gasteiger partial charge in [0.05, 0.1) is 19.2 Å². The summed E-state index contributed by atoms with van der Waals surface area (Å²) in [7, 11) is -3.45. The van der Waals surface area contributed by atoms with Gasteiger partial charge in [-0.15, -0.1) is 0 Å². The SMILES string of the molecule is O=C([O-])c1ccc(OCCCCCCCCCCOCCCCCCCCCCOCCCCCCCCCCOS(=O)(O)=S)cc1.[Na+]. The molecule has 0 aromatic heterocycles. The number of hydrogen-bond donors (Lipinski definition) is 1. The molecular weight excluding hydrogens is 660 g/mol. The van der Waals surface area contributed by atoms with Crippen LogP contribution in [0, 0.1) is 0 Å². The van der Waals surface area contributed by atoms with Crippen LogP contribution in [-0.4, -0.2) is 54.4 Å². The van der Waals surface area contributed by atoms with Gasteiger partial charge in [0.1, 0.15) is 5.75 Å². The van der Waals surface area contributed by atoms with E-state index < -0.39 is 15.0 Å². The van der Waals surface area contributed by atoms with Crippen molar-refractivity contribution in [3.8, 4) is 5.75 Å². The Morgan fingerprint density at radius 2 is 0.833 bits per heavy atom. The van der Waals surface area contributed by atoms with Gasteiger partial charge < -0.3 is 24.1 Å². The Morgan fingerprint density at radius 3 is 1.15 bits per heavy atom. The molecule has 0 heterocycles. The number of carbonyl (C=O) groups excluding carboxylic acids is 1. The third-order valence-electron chi connectivity index (χ3n) is 8.28. The van der Waals surface area contributed by atoms with Crippen molar-refractivity contribution in [3.05, 3.63) is 29.8 Å². The molecule has 0 aliphatic heterocycles. The fraction of sp³-hybridized carbons (Fsp3) is 0.811. The molecule has 11 heteroatoms. The Balaban J connectivity index is 0.0000221. The van der Waals surface area contributed by atoms with Gasteiger partial charge in [-0.2, -0.15) is 4.21 Å². The van der Waals surface area contributed by atoms with Crippen molar-refractivity contribution in [3.63, 3.8) is 0 Å². The molecular formula is C37H65NaO8S2. The van der Waals surface area contributed by atoms with E-state index in [1.807, 2.05) is 0 Å². The van der Waals surface area contributed by atoms with E-state index in [1.165, 1.54) is 128 Å². The number of benzene rings is 1. The topological polar surface area (TPSA) is 114 Å². The molecule has 8 nitrogen and oxygen atoms in total. The third kappa shape index (κ3) is 34.2. The van der Waals surface area contributed by atoms with Gasteiger partial charge >= 0.3 is 29.6 Å². The van der Waals surface area contributed by atoms with E-state index in [2.05, 4.69) is 15.4 Å². The van der Waals surface area contributed by atoms with Crippen LogP contribution in [0.15, 0.2) is 24.3 Å². The smallest absolute Gasteiger partial charge is 0.545 e. The molecule has 48 heavy (non-hydrogen) atoms. The summed E-state index contributed by atoms with van der Waals surface area (Å²) < 4.78 is 41.6. The van der Waals surface area contributed by atoms with Crippen LogP contribution >= 0.6 is 0 Å². The van der Waals surface area contributed by atoms with E-state index >= 15 is 0 Å². The third-order valence-corrected chi connectivity index (χ3v) is 9.04. The van der Waals surface area contributed by atoms with Crippen LogP contribution in [0.4, 0.5) is 0 Å². The zero-order valence-corrected chi connectivity index (χ0v) is 33.8. The van der Waals surface area contributed by atoms with E-state index in [0.29, 0.717) is 12.4 Å². The maximum Gasteiger partial charge on any atom is 1.00 e. The first kappa shape index (κ1) is 47.7. The van der Waals surface area contributed by atoms with Crippen LogP contribution in [0.1, 0.15) is 164 Å². The molecule has 0 aliphatic carbocycles. The predicted octanol–water partition coefficient (Wildman–Crippen LogP) is 5.98. The average molecular weight is 725 g/mol. The van der Waals surface area contributed by atoms with E-state index in [-0.39, 0.29) is 41.7 Å². The monoisotopic (exact) mass is 724 g/mol. The van der Waals surface area contributed by atoms with Crippen LogP contribution in [0.25, 0.3) is 0 Å². The van der Waals surface area contributed by atoms with Crippen LogP contribution in [0.3, 0.4) is 0 Å². The fourth-order valence-electron chi connectivity index (χ4n) is 5.45. The molecule has 0 bridgehead atoms. The van der Waals surface area contributed by atoms with Gasteiger partial charge in [0.25, 0.3) is 9.05 Å². The summed E-state index contributed by atoms with van der Waals surface area (Å²) in [5.41, 5.74) is 0.175. The number of carbonyl (C=O) groups is 1.